The fraction of sp³-hybridized carbons (Fsp3) is 0.462. The van der Waals surface area contributed by atoms with Crippen molar-refractivity contribution in [1.82, 2.24) is 4.98 Å². The number of thiophene rings is 1. The van der Waals surface area contributed by atoms with E-state index < -0.39 is 0 Å². The van der Waals surface area contributed by atoms with Crippen LogP contribution in [-0.4, -0.2) is 4.98 Å². The maximum atomic E-state index is 6.15. The molecule has 90 valence electrons. The van der Waals surface area contributed by atoms with Crippen molar-refractivity contribution in [2.75, 3.05) is 0 Å². The van der Waals surface area contributed by atoms with Crippen LogP contribution in [0, 0.1) is 13.8 Å². The molecule has 2 aromatic rings. The average Bonchev–Trinajstić information content (AvgIpc) is 2.82. The van der Waals surface area contributed by atoms with Gasteiger partial charge in [-0.1, -0.05) is 0 Å². The molecule has 3 rings (SSSR count). The average molecular weight is 264 g/mol. The first-order chi connectivity index (χ1) is 8.15. The summed E-state index contributed by atoms with van der Waals surface area (Å²) in [4.78, 5) is 8.82. The highest BCUT2D eigenvalue weighted by molar-refractivity contribution is 7.16. The number of nitrogens with zero attached hydrogens (tertiary/aromatic N) is 1. The third-order valence-electron chi connectivity index (χ3n) is 3.26. The minimum atomic E-state index is 0.213. The van der Waals surface area contributed by atoms with Crippen LogP contribution in [0.3, 0.4) is 0 Å². The Kier molecular flexibility index (Phi) is 2.81. The van der Waals surface area contributed by atoms with Gasteiger partial charge in [-0.05, 0) is 39.2 Å². The van der Waals surface area contributed by atoms with Gasteiger partial charge in [0.05, 0.1) is 5.69 Å². The molecule has 4 heteroatoms. The van der Waals surface area contributed by atoms with Gasteiger partial charge in [0, 0.05) is 26.2 Å². The number of hydrogen-bond donors (Lipinski definition) is 1. The van der Waals surface area contributed by atoms with E-state index in [1.54, 1.807) is 11.3 Å². The van der Waals surface area contributed by atoms with E-state index in [1.807, 2.05) is 11.3 Å². The van der Waals surface area contributed by atoms with Crippen molar-refractivity contribution in [3.05, 3.63) is 26.4 Å². The highest BCUT2D eigenvalue weighted by atomic mass is 32.1. The van der Waals surface area contributed by atoms with Gasteiger partial charge in [-0.15, -0.1) is 22.7 Å². The Morgan fingerprint density at radius 1 is 1.35 bits per heavy atom. The largest absolute Gasteiger partial charge is 0.323 e. The number of fused-ring (bicyclic) bond motifs is 1. The maximum absolute atomic E-state index is 6.15. The summed E-state index contributed by atoms with van der Waals surface area (Å²) in [5.74, 6) is 0. The Morgan fingerprint density at radius 3 is 2.82 bits per heavy atom. The van der Waals surface area contributed by atoms with Crippen LogP contribution in [0.2, 0.25) is 0 Å². The number of rotatable bonds is 1. The Hall–Kier alpha value is -0.710. The van der Waals surface area contributed by atoms with E-state index in [2.05, 4.69) is 19.9 Å². The summed E-state index contributed by atoms with van der Waals surface area (Å²) >= 11 is 3.64. The molecule has 2 aromatic heterocycles. The van der Waals surface area contributed by atoms with Crippen LogP contribution in [0.4, 0.5) is 0 Å². The first-order valence-electron chi connectivity index (χ1n) is 5.97. The van der Waals surface area contributed by atoms with Crippen LogP contribution in [0.15, 0.2) is 6.07 Å². The summed E-state index contributed by atoms with van der Waals surface area (Å²) in [5, 5.41) is 1.16. The van der Waals surface area contributed by atoms with Gasteiger partial charge in [0.1, 0.15) is 5.01 Å². The van der Waals surface area contributed by atoms with Crippen LogP contribution < -0.4 is 5.73 Å². The lowest BCUT2D eigenvalue weighted by Gasteiger charge is -2.15. The van der Waals surface area contributed by atoms with Gasteiger partial charge in [0.2, 0.25) is 0 Å². The first kappa shape index (κ1) is 11.4. The monoisotopic (exact) mass is 264 g/mol. The van der Waals surface area contributed by atoms with Crippen molar-refractivity contribution in [3.63, 3.8) is 0 Å². The molecule has 2 heterocycles. The molecule has 1 unspecified atom stereocenters. The summed E-state index contributed by atoms with van der Waals surface area (Å²) in [6.45, 7) is 4.33. The smallest absolute Gasteiger partial charge is 0.125 e. The third-order valence-corrected chi connectivity index (χ3v) is 5.49. The van der Waals surface area contributed by atoms with Gasteiger partial charge < -0.3 is 5.73 Å². The van der Waals surface area contributed by atoms with E-state index >= 15 is 0 Å². The zero-order valence-corrected chi connectivity index (χ0v) is 11.8. The third kappa shape index (κ3) is 1.94. The molecule has 0 spiro atoms. The highest BCUT2D eigenvalue weighted by Gasteiger charge is 2.22. The predicted octanol–water partition coefficient (Wildman–Crippen LogP) is 3.82. The van der Waals surface area contributed by atoms with Crippen molar-refractivity contribution in [2.45, 2.75) is 39.2 Å². The van der Waals surface area contributed by atoms with Crippen molar-refractivity contribution >= 4 is 22.7 Å². The number of nitrogens with two attached hydrogens (primary N) is 1. The Balaban J connectivity index is 2.08. The Morgan fingerprint density at radius 2 is 2.18 bits per heavy atom. The van der Waals surface area contributed by atoms with Crippen molar-refractivity contribution in [2.24, 2.45) is 5.73 Å². The summed E-state index contributed by atoms with van der Waals surface area (Å²) in [5.41, 5.74) is 8.70. The second-order valence-electron chi connectivity index (χ2n) is 4.66. The standard InChI is InChI=1S/C13H16N2S2/c1-7-6-9(8(2)16-7)13-15-11-5-3-4-10(14)12(11)17-13/h6,10H,3-5,14H2,1-2H3. The van der Waals surface area contributed by atoms with Crippen LogP contribution in [0.1, 0.15) is 39.2 Å². The molecule has 0 saturated carbocycles. The summed E-state index contributed by atoms with van der Waals surface area (Å²) in [6.07, 6.45) is 3.39. The van der Waals surface area contributed by atoms with Crippen molar-refractivity contribution in [3.8, 4) is 10.6 Å². The molecular weight excluding hydrogens is 248 g/mol. The molecule has 0 amide bonds. The molecule has 0 bridgehead atoms. The lowest BCUT2D eigenvalue weighted by molar-refractivity contribution is 0.573. The highest BCUT2D eigenvalue weighted by Crippen LogP contribution is 2.39. The SMILES string of the molecule is Cc1cc(-c2nc3c(s2)C(N)CCC3)c(C)s1. The lowest BCUT2D eigenvalue weighted by atomic mass is 9.99. The van der Waals surface area contributed by atoms with E-state index in [0.717, 1.165) is 17.8 Å². The number of aromatic nitrogens is 1. The van der Waals surface area contributed by atoms with E-state index in [-0.39, 0.29) is 6.04 Å². The molecule has 0 radical (unpaired) electrons. The molecule has 17 heavy (non-hydrogen) atoms. The normalized spacial score (nSPS) is 19.4. The minimum absolute atomic E-state index is 0.213. The van der Waals surface area contributed by atoms with Crippen molar-refractivity contribution < 1.29 is 0 Å². The van der Waals surface area contributed by atoms with Crippen LogP contribution in [-0.2, 0) is 6.42 Å². The molecule has 1 atom stereocenters. The molecule has 2 nitrogen and oxygen atoms in total. The Bertz CT molecular complexity index is 554. The summed E-state index contributed by atoms with van der Waals surface area (Å²) < 4.78 is 0. The summed E-state index contributed by atoms with van der Waals surface area (Å²) in [6, 6.07) is 2.46. The van der Waals surface area contributed by atoms with Gasteiger partial charge in [0.15, 0.2) is 0 Å². The number of hydrogen-bond acceptors (Lipinski definition) is 4. The van der Waals surface area contributed by atoms with Gasteiger partial charge in [-0.3, -0.25) is 0 Å². The molecule has 2 N–H and O–H groups in total. The zero-order valence-electron chi connectivity index (χ0n) is 10.1. The molecule has 1 aliphatic rings. The van der Waals surface area contributed by atoms with E-state index in [4.69, 9.17) is 10.7 Å². The quantitative estimate of drug-likeness (QED) is 0.850. The fourth-order valence-electron chi connectivity index (χ4n) is 2.41. The van der Waals surface area contributed by atoms with Gasteiger partial charge >= 0.3 is 0 Å². The second kappa shape index (κ2) is 4.19. The second-order valence-corrected chi connectivity index (χ2v) is 7.15. The van der Waals surface area contributed by atoms with Crippen LogP contribution >= 0.6 is 22.7 Å². The summed E-state index contributed by atoms with van der Waals surface area (Å²) in [7, 11) is 0. The lowest BCUT2D eigenvalue weighted by Crippen LogP contribution is -2.15. The van der Waals surface area contributed by atoms with E-state index in [9.17, 15) is 0 Å². The number of aryl methyl sites for hydroxylation is 3. The van der Waals surface area contributed by atoms with Gasteiger partial charge in [0.25, 0.3) is 0 Å². The van der Waals surface area contributed by atoms with Crippen molar-refractivity contribution in [1.29, 1.82) is 0 Å². The van der Waals surface area contributed by atoms with E-state index in [0.29, 0.717) is 0 Å². The topological polar surface area (TPSA) is 38.9 Å². The first-order valence-corrected chi connectivity index (χ1v) is 7.61. The molecule has 0 aliphatic heterocycles. The minimum Gasteiger partial charge on any atom is -0.323 e. The molecule has 1 aliphatic carbocycles. The molecule has 0 saturated heterocycles. The Labute approximate surface area is 110 Å². The fourth-order valence-corrected chi connectivity index (χ4v) is 4.62. The molecular formula is C13H16N2S2. The van der Waals surface area contributed by atoms with Crippen LogP contribution in [0.5, 0.6) is 0 Å². The number of thiazole rings is 1. The predicted molar refractivity (Wildman–Crippen MR) is 74.8 cm³/mol. The molecule has 0 aromatic carbocycles. The van der Waals surface area contributed by atoms with Gasteiger partial charge in [-0.25, -0.2) is 4.98 Å². The molecule has 0 fully saturated rings. The van der Waals surface area contributed by atoms with E-state index in [1.165, 1.54) is 32.3 Å². The maximum Gasteiger partial charge on any atom is 0.125 e. The van der Waals surface area contributed by atoms with Gasteiger partial charge in [-0.2, -0.15) is 0 Å². The zero-order chi connectivity index (χ0) is 12.0. The van der Waals surface area contributed by atoms with Crippen LogP contribution in [0.25, 0.3) is 10.6 Å².